The van der Waals surface area contributed by atoms with Gasteiger partial charge in [-0.15, -0.1) is 0 Å². The van der Waals surface area contributed by atoms with E-state index in [1.54, 1.807) is 49.6 Å². The molecule has 7 nitrogen and oxygen atoms in total. The van der Waals surface area contributed by atoms with E-state index < -0.39 is 11.5 Å². The van der Waals surface area contributed by atoms with Gasteiger partial charge in [-0.05, 0) is 35.9 Å². The van der Waals surface area contributed by atoms with Crippen LogP contribution in [0.2, 0.25) is 0 Å². The van der Waals surface area contributed by atoms with Gasteiger partial charge in [0, 0.05) is 5.39 Å². The molecule has 7 heteroatoms. The van der Waals surface area contributed by atoms with Crippen LogP contribution in [0, 0.1) is 0 Å². The Morgan fingerprint density at radius 1 is 1.08 bits per heavy atom. The number of amides is 1. The molecule has 0 fully saturated rings. The van der Waals surface area contributed by atoms with E-state index in [9.17, 15) is 9.59 Å². The summed E-state index contributed by atoms with van der Waals surface area (Å²) in [4.78, 5) is 24.1. The Morgan fingerprint density at radius 3 is 2.62 bits per heavy atom. The largest absolute Gasteiger partial charge is 0.493 e. The second-order valence-corrected chi connectivity index (χ2v) is 5.30. The number of nitrogens with one attached hydrogen (secondary N) is 1. The molecule has 132 valence electrons. The van der Waals surface area contributed by atoms with Crippen LogP contribution in [0.5, 0.6) is 11.5 Å². The average Bonchev–Trinajstić information content (AvgIpc) is 2.67. The zero-order valence-electron chi connectivity index (χ0n) is 14.2. The molecule has 0 atom stereocenters. The number of benzene rings is 2. The molecule has 0 radical (unpaired) electrons. The fourth-order valence-corrected chi connectivity index (χ4v) is 2.38. The summed E-state index contributed by atoms with van der Waals surface area (Å²) in [5.41, 5.74) is 2.59. The molecule has 0 aliphatic carbocycles. The van der Waals surface area contributed by atoms with Crippen molar-refractivity contribution in [3.05, 3.63) is 70.1 Å². The Morgan fingerprint density at radius 2 is 1.85 bits per heavy atom. The van der Waals surface area contributed by atoms with Crippen LogP contribution in [-0.4, -0.2) is 26.3 Å². The van der Waals surface area contributed by atoms with Crippen molar-refractivity contribution >= 4 is 23.1 Å². The predicted molar refractivity (Wildman–Crippen MR) is 97.1 cm³/mol. The van der Waals surface area contributed by atoms with Crippen molar-refractivity contribution in [2.45, 2.75) is 0 Å². The van der Waals surface area contributed by atoms with Gasteiger partial charge < -0.3 is 13.9 Å². The lowest BCUT2D eigenvalue weighted by Crippen LogP contribution is -2.24. The average molecular weight is 352 g/mol. The van der Waals surface area contributed by atoms with Crippen molar-refractivity contribution in [1.29, 1.82) is 0 Å². The summed E-state index contributed by atoms with van der Waals surface area (Å²) >= 11 is 0. The molecule has 1 N–H and O–H groups in total. The van der Waals surface area contributed by atoms with Crippen LogP contribution >= 0.6 is 0 Å². The van der Waals surface area contributed by atoms with Crippen molar-refractivity contribution < 1.29 is 18.7 Å². The van der Waals surface area contributed by atoms with Gasteiger partial charge in [-0.2, -0.15) is 5.10 Å². The van der Waals surface area contributed by atoms with Crippen molar-refractivity contribution in [2.24, 2.45) is 5.10 Å². The first-order valence-electron chi connectivity index (χ1n) is 7.70. The minimum Gasteiger partial charge on any atom is -0.493 e. The third kappa shape index (κ3) is 3.56. The lowest BCUT2D eigenvalue weighted by Gasteiger charge is -2.07. The van der Waals surface area contributed by atoms with E-state index in [1.807, 2.05) is 0 Å². The number of fused-ring (bicyclic) bond motifs is 1. The number of carbonyl (C=O) groups excluding carboxylic acids is 1. The minimum atomic E-state index is -0.720. The molecule has 1 heterocycles. The predicted octanol–water partition coefficient (Wildman–Crippen LogP) is 2.57. The molecule has 0 saturated heterocycles. The van der Waals surface area contributed by atoms with Crippen molar-refractivity contribution in [3.8, 4) is 11.5 Å². The minimum absolute atomic E-state index is 0.117. The lowest BCUT2D eigenvalue weighted by molar-refractivity contribution is 0.0951. The number of hydrogen-bond acceptors (Lipinski definition) is 6. The monoisotopic (exact) mass is 352 g/mol. The number of para-hydroxylation sites is 1. The number of hydrazone groups is 1. The highest BCUT2D eigenvalue weighted by atomic mass is 16.5. The highest BCUT2D eigenvalue weighted by Gasteiger charge is 2.12. The summed E-state index contributed by atoms with van der Waals surface area (Å²) in [5, 5.41) is 4.52. The fourth-order valence-electron chi connectivity index (χ4n) is 2.38. The molecule has 0 bridgehead atoms. The zero-order valence-corrected chi connectivity index (χ0v) is 14.2. The maximum Gasteiger partial charge on any atom is 0.349 e. The van der Waals surface area contributed by atoms with E-state index in [-0.39, 0.29) is 5.56 Å². The smallest absolute Gasteiger partial charge is 0.349 e. The molecular formula is C19H16N2O5. The summed E-state index contributed by atoms with van der Waals surface area (Å²) < 4.78 is 15.5. The Bertz CT molecular complexity index is 1040. The maximum absolute atomic E-state index is 12.2. The Kier molecular flexibility index (Phi) is 4.98. The summed E-state index contributed by atoms with van der Waals surface area (Å²) in [5.74, 6) is 0.474. The summed E-state index contributed by atoms with van der Waals surface area (Å²) in [6.45, 7) is 0. The number of rotatable bonds is 5. The number of nitrogens with zero attached hydrogens (tertiary/aromatic N) is 1. The first-order valence-corrected chi connectivity index (χ1v) is 7.70. The van der Waals surface area contributed by atoms with Crippen LogP contribution in [0.1, 0.15) is 15.9 Å². The van der Waals surface area contributed by atoms with Crippen molar-refractivity contribution in [1.82, 2.24) is 5.43 Å². The lowest BCUT2D eigenvalue weighted by atomic mass is 10.2. The van der Waals surface area contributed by atoms with Gasteiger partial charge in [-0.1, -0.05) is 18.2 Å². The Hall–Kier alpha value is -3.61. The number of methoxy groups -OCH3 is 2. The molecule has 3 aromatic rings. The quantitative estimate of drug-likeness (QED) is 0.433. The van der Waals surface area contributed by atoms with Gasteiger partial charge in [0.05, 0.1) is 20.4 Å². The van der Waals surface area contributed by atoms with Crippen LogP contribution in [0.15, 0.2) is 62.8 Å². The fraction of sp³-hybridized carbons (Fsp3) is 0.105. The van der Waals surface area contributed by atoms with E-state index in [4.69, 9.17) is 13.9 Å². The highest BCUT2D eigenvalue weighted by Crippen LogP contribution is 2.26. The topological polar surface area (TPSA) is 90.1 Å². The Balaban J connectivity index is 1.77. The van der Waals surface area contributed by atoms with Crippen molar-refractivity contribution in [2.75, 3.05) is 14.2 Å². The van der Waals surface area contributed by atoms with E-state index >= 15 is 0 Å². The summed E-state index contributed by atoms with van der Waals surface area (Å²) in [6.07, 6.45) is 1.43. The van der Waals surface area contributed by atoms with E-state index in [0.717, 1.165) is 0 Å². The molecule has 0 saturated carbocycles. The number of ether oxygens (including phenoxy) is 2. The second-order valence-electron chi connectivity index (χ2n) is 5.30. The Labute approximate surface area is 148 Å². The first kappa shape index (κ1) is 17.2. The van der Waals surface area contributed by atoms with Crippen LogP contribution in [0.25, 0.3) is 11.0 Å². The standard InChI is InChI=1S/C19H16N2O5/c1-24-16-8-7-12(9-17(16)25-2)11-20-21-18(22)14-10-13-5-3-4-6-15(13)26-19(14)23/h3-11H,1-2H3,(H,21,22)/b20-11+. The maximum atomic E-state index is 12.2. The molecule has 0 aliphatic rings. The van der Waals surface area contributed by atoms with Gasteiger partial charge in [0.1, 0.15) is 11.1 Å². The molecule has 3 rings (SSSR count). The SMILES string of the molecule is COc1ccc(/C=N/NC(=O)c2cc3ccccc3oc2=O)cc1OC. The number of carbonyl (C=O) groups is 1. The zero-order chi connectivity index (χ0) is 18.5. The van der Waals surface area contributed by atoms with Gasteiger partial charge in [0.25, 0.3) is 5.91 Å². The molecule has 0 aliphatic heterocycles. The summed E-state index contributed by atoms with van der Waals surface area (Å²) in [6, 6.07) is 13.6. The molecule has 2 aromatic carbocycles. The third-order valence-electron chi connectivity index (χ3n) is 3.67. The molecule has 0 unspecified atom stereocenters. The normalized spacial score (nSPS) is 10.8. The van der Waals surface area contributed by atoms with E-state index in [2.05, 4.69) is 10.5 Å². The molecule has 26 heavy (non-hydrogen) atoms. The van der Waals surface area contributed by atoms with Gasteiger partial charge in [0.2, 0.25) is 0 Å². The van der Waals surface area contributed by atoms with Crippen LogP contribution in [-0.2, 0) is 0 Å². The highest BCUT2D eigenvalue weighted by molar-refractivity contribution is 5.97. The van der Waals surface area contributed by atoms with Gasteiger partial charge in [-0.3, -0.25) is 4.79 Å². The van der Waals surface area contributed by atoms with Crippen LogP contribution < -0.4 is 20.5 Å². The van der Waals surface area contributed by atoms with E-state index in [1.165, 1.54) is 19.4 Å². The van der Waals surface area contributed by atoms with Crippen LogP contribution in [0.4, 0.5) is 0 Å². The molecule has 1 aromatic heterocycles. The van der Waals surface area contributed by atoms with Crippen molar-refractivity contribution in [3.63, 3.8) is 0 Å². The number of hydrogen-bond donors (Lipinski definition) is 1. The molecular weight excluding hydrogens is 336 g/mol. The second kappa shape index (κ2) is 7.52. The van der Waals surface area contributed by atoms with Gasteiger partial charge in [0.15, 0.2) is 11.5 Å². The van der Waals surface area contributed by atoms with E-state index in [0.29, 0.717) is 28.0 Å². The third-order valence-corrected chi connectivity index (χ3v) is 3.67. The van der Waals surface area contributed by atoms with Gasteiger partial charge >= 0.3 is 5.63 Å². The van der Waals surface area contributed by atoms with Crippen LogP contribution in [0.3, 0.4) is 0 Å². The molecule has 1 amide bonds. The summed E-state index contributed by atoms with van der Waals surface area (Å²) in [7, 11) is 3.07. The molecule has 0 spiro atoms. The van der Waals surface area contributed by atoms with Gasteiger partial charge in [-0.25, -0.2) is 10.2 Å². The first-order chi connectivity index (χ1) is 12.6.